The van der Waals surface area contributed by atoms with Crippen LogP contribution in [0, 0.1) is 12.8 Å². The third kappa shape index (κ3) is 2.53. The third-order valence-electron chi connectivity index (χ3n) is 2.86. The summed E-state index contributed by atoms with van der Waals surface area (Å²) in [6, 6.07) is 4.01. The van der Waals surface area contributed by atoms with Crippen molar-refractivity contribution < 1.29 is 4.79 Å². The lowest BCUT2D eigenvalue weighted by Crippen LogP contribution is -2.40. The summed E-state index contributed by atoms with van der Waals surface area (Å²) in [6.45, 7) is 7.71. The molecule has 1 heterocycles. The molecule has 1 aliphatic heterocycles. The van der Waals surface area contributed by atoms with Crippen molar-refractivity contribution in [3.8, 4) is 0 Å². The van der Waals surface area contributed by atoms with E-state index in [9.17, 15) is 4.79 Å². The minimum absolute atomic E-state index is 0.0886. The number of benzene rings is 1. The number of carbonyl (C=O) groups excluding carboxylic acids is 1. The molecule has 1 aliphatic rings. The van der Waals surface area contributed by atoms with Crippen LogP contribution in [0.15, 0.2) is 16.6 Å². The monoisotopic (exact) mass is 296 g/mol. The number of hydrogen-bond donors (Lipinski definition) is 1. The zero-order valence-corrected chi connectivity index (χ0v) is 12.0. The fourth-order valence-corrected chi connectivity index (χ4v) is 2.66. The van der Waals surface area contributed by atoms with Crippen LogP contribution in [-0.4, -0.2) is 17.5 Å². The van der Waals surface area contributed by atoms with E-state index in [2.05, 4.69) is 35.2 Å². The number of fused-ring (bicyclic) bond motifs is 1. The Morgan fingerprint density at radius 2 is 2.18 bits per heavy atom. The van der Waals surface area contributed by atoms with Gasteiger partial charge in [0, 0.05) is 16.6 Å². The zero-order chi connectivity index (χ0) is 12.6. The van der Waals surface area contributed by atoms with Gasteiger partial charge in [0.25, 0.3) is 5.91 Å². The van der Waals surface area contributed by atoms with Crippen LogP contribution < -0.4 is 5.43 Å². The molecule has 3 nitrogen and oxygen atoms in total. The van der Waals surface area contributed by atoms with Crippen LogP contribution in [0.5, 0.6) is 0 Å². The second-order valence-corrected chi connectivity index (χ2v) is 5.82. The predicted molar refractivity (Wildman–Crippen MR) is 71.6 cm³/mol. The number of carbonyl (C=O) groups is 1. The summed E-state index contributed by atoms with van der Waals surface area (Å²) >= 11 is 3.47. The molecule has 1 amide bonds. The first-order chi connectivity index (χ1) is 7.99. The molecule has 0 fully saturated rings. The Morgan fingerprint density at radius 1 is 1.47 bits per heavy atom. The topological polar surface area (TPSA) is 32.3 Å². The van der Waals surface area contributed by atoms with Crippen molar-refractivity contribution in [1.82, 2.24) is 10.4 Å². The van der Waals surface area contributed by atoms with Crippen LogP contribution >= 0.6 is 15.9 Å². The first-order valence-corrected chi connectivity index (χ1v) is 6.62. The standard InChI is InChI=1S/C13H17BrN2O/c1-8(2)6-15-16-7-10-5-11(14)4-9(3)12(10)13(16)17/h4-5,8,15H,6-7H2,1-3H3. The van der Waals surface area contributed by atoms with Gasteiger partial charge in [0.1, 0.15) is 0 Å². The van der Waals surface area contributed by atoms with Gasteiger partial charge in [-0.05, 0) is 36.1 Å². The number of halogens is 1. The lowest BCUT2D eigenvalue weighted by atomic mass is 10.0. The van der Waals surface area contributed by atoms with Gasteiger partial charge in [-0.25, -0.2) is 5.43 Å². The minimum Gasteiger partial charge on any atom is -0.269 e. The zero-order valence-electron chi connectivity index (χ0n) is 10.4. The van der Waals surface area contributed by atoms with E-state index in [1.165, 1.54) is 0 Å². The highest BCUT2D eigenvalue weighted by Crippen LogP contribution is 2.28. The maximum atomic E-state index is 12.2. The smallest absolute Gasteiger partial charge is 0.268 e. The molecule has 0 aliphatic carbocycles. The molecule has 92 valence electrons. The van der Waals surface area contributed by atoms with Crippen molar-refractivity contribution >= 4 is 21.8 Å². The SMILES string of the molecule is Cc1cc(Br)cc2c1C(=O)N(NCC(C)C)C2. The van der Waals surface area contributed by atoms with Crippen molar-refractivity contribution in [2.75, 3.05) is 6.54 Å². The van der Waals surface area contributed by atoms with Crippen LogP contribution in [0.3, 0.4) is 0 Å². The highest BCUT2D eigenvalue weighted by Gasteiger charge is 2.29. The summed E-state index contributed by atoms with van der Waals surface area (Å²) in [5.74, 6) is 0.616. The van der Waals surface area contributed by atoms with Crippen molar-refractivity contribution in [2.24, 2.45) is 5.92 Å². The Balaban J connectivity index is 2.21. The van der Waals surface area contributed by atoms with E-state index >= 15 is 0 Å². The number of nitrogens with one attached hydrogen (secondary N) is 1. The molecule has 0 spiro atoms. The summed E-state index contributed by atoms with van der Waals surface area (Å²) in [5.41, 5.74) is 6.18. The van der Waals surface area contributed by atoms with Crippen molar-refractivity contribution in [3.05, 3.63) is 33.3 Å². The van der Waals surface area contributed by atoms with Gasteiger partial charge < -0.3 is 0 Å². The Hall–Kier alpha value is -0.870. The Labute approximate surface area is 110 Å². The number of hydrogen-bond acceptors (Lipinski definition) is 2. The summed E-state index contributed by atoms with van der Waals surface area (Å²) < 4.78 is 1.03. The van der Waals surface area contributed by atoms with Gasteiger partial charge in [-0.3, -0.25) is 9.80 Å². The molecule has 4 heteroatoms. The van der Waals surface area contributed by atoms with Gasteiger partial charge in [0.15, 0.2) is 0 Å². The number of aryl methyl sites for hydroxylation is 1. The van der Waals surface area contributed by atoms with E-state index in [-0.39, 0.29) is 5.91 Å². The summed E-state index contributed by atoms with van der Waals surface area (Å²) in [6.07, 6.45) is 0. The third-order valence-corrected chi connectivity index (χ3v) is 3.32. The normalized spacial score (nSPS) is 14.6. The molecule has 0 saturated heterocycles. The molecule has 0 bridgehead atoms. The number of amides is 1. The van der Waals surface area contributed by atoms with Crippen molar-refractivity contribution in [3.63, 3.8) is 0 Å². The fourth-order valence-electron chi connectivity index (χ4n) is 2.04. The van der Waals surface area contributed by atoms with Gasteiger partial charge in [-0.15, -0.1) is 0 Å². The van der Waals surface area contributed by atoms with E-state index in [1.54, 1.807) is 5.01 Å². The highest BCUT2D eigenvalue weighted by molar-refractivity contribution is 9.10. The molecule has 0 unspecified atom stereocenters. The average molecular weight is 297 g/mol. The number of hydrazine groups is 1. The van der Waals surface area contributed by atoms with Crippen LogP contribution in [0.4, 0.5) is 0 Å². The van der Waals surface area contributed by atoms with E-state index in [0.29, 0.717) is 12.5 Å². The molecular weight excluding hydrogens is 280 g/mol. The maximum absolute atomic E-state index is 12.2. The summed E-state index contributed by atoms with van der Waals surface area (Å²) in [5, 5.41) is 1.71. The Bertz CT molecular complexity index is 457. The molecule has 0 radical (unpaired) electrons. The van der Waals surface area contributed by atoms with Crippen LogP contribution in [0.2, 0.25) is 0 Å². The molecule has 1 aromatic carbocycles. The molecule has 0 atom stereocenters. The lowest BCUT2D eigenvalue weighted by Gasteiger charge is -2.18. The van der Waals surface area contributed by atoms with E-state index in [0.717, 1.165) is 27.7 Å². The first kappa shape index (κ1) is 12.6. The van der Waals surface area contributed by atoms with Crippen molar-refractivity contribution in [2.45, 2.75) is 27.3 Å². The molecule has 2 rings (SSSR count). The molecule has 17 heavy (non-hydrogen) atoms. The van der Waals surface area contributed by atoms with Crippen LogP contribution in [-0.2, 0) is 6.54 Å². The highest BCUT2D eigenvalue weighted by atomic mass is 79.9. The number of nitrogens with zero attached hydrogens (tertiary/aromatic N) is 1. The van der Waals surface area contributed by atoms with Gasteiger partial charge in [0.05, 0.1) is 6.54 Å². The molecule has 1 aromatic rings. The maximum Gasteiger partial charge on any atom is 0.268 e. The second-order valence-electron chi connectivity index (χ2n) is 4.90. The molecule has 0 aromatic heterocycles. The Kier molecular flexibility index (Phi) is 3.54. The van der Waals surface area contributed by atoms with Gasteiger partial charge in [-0.1, -0.05) is 29.8 Å². The predicted octanol–water partition coefficient (Wildman–Crippen LogP) is 2.87. The van der Waals surface area contributed by atoms with Gasteiger partial charge in [-0.2, -0.15) is 0 Å². The van der Waals surface area contributed by atoms with Gasteiger partial charge >= 0.3 is 0 Å². The molecular formula is C13H17BrN2O. The fraction of sp³-hybridized carbons (Fsp3) is 0.462. The Morgan fingerprint density at radius 3 is 2.82 bits per heavy atom. The minimum atomic E-state index is 0.0886. The summed E-state index contributed by atoms with van der Waals surface area (Å²) in [4.78, 5) is 12.2. The van der Waals surface area contributed by atoms with Gasteiger partial charge in [0.2, 0.25) is 0 Å². The number of rotatable bonds is 3. The molecule has 1 N–H and O–H groups in total. The van der Waals surface area contributed by atoms with E-state index < -0.39 is 0 Å². The second kappa shape index (κ2) is 4.78. The quantitative estimate of drug-likeness (QED) is 0.930. The largest absolute Gasteiger partial charge is 0.269 e. The van der Waals surface area contributed by atoms with Crippen LogP contribution in [0.1, 0.15) is 35.3 Å². The van der Waals surface area contributed by atoms with Crippen molar-refractivity contribution in [1.29, 1.82) is 0 Å². The lowest BCUT2D eigenvalue weighted by molar-refractivity contribution is 0.0675. The van der Waals surface area contributed by atoms with Crippen LogP contribution in [0.25, 0.3) is 0 Å². The summed E-state index contributed by atoms with van der Waals surface area (Å²) in [7, 11) is 0. The molecule has 0 saturated carbocycles. The van der Waals surface area contributed by atoms with E-state index in [1.807, 2.05) is 19.1 Å². The first-order valence-electron chi connectivity index (χ1n) is 5.83. The average Bonchev–Trinajstić information content (AvgIpc) is 2.52. The van der Waals surface area contributed by atoms with E-state index in [4.69, 9.17) is 0 Å².